The standard InChI is InChI=1S/C25H36N6/c1-2-26-24(27-17-10-14-23-29-28-22-13-4-3-9-18-30(22)23)31-19-25(15-7-8-16-25)20-11-5-6-12-21(20)31/h5-6,11-12H,2-4,7-10,13-19H2,1H3,(H,26,27). The molecule has 1 aromatic heterocycles. The molecule has 1 aliphatic carbocycles. The van der Waals surface area contributed by atoms with Gasteiger partial charge in [-0.3, -0.25) is 4.99 Å². The van der Waals surface area contributed by atoms with Gasteiger partial charge in [0.15, 0.2) is 5.96 Å². The summed E-state index contributed by atoms with van der Waals surface area (Å²) in [7, 11) is 0. The van der Waals surface area contributed by atoms with Crippen LogP contribution in [-0.2, 0) is 24.8 Å². The zero-order chi connectivity index (χ0) is 21.1. The lowest BCUT2D eigenvalue weighted by molar-refractivity contribution is 0.478. The van der Waals surface area contributed by atoms with E-state index in [4.69, 9.17) is 4.99 Å². The summed E-state index contributed by atoms with van der Waals surface area (Å²) in [4.78, 5) is 7.50. The van der Waals surface area contributed by atoms with Gasteiger partial charge in [-0.25, -0.2) is 0 Å². The zero-order valence-electron chi connectivity index (χ0n) is 18.9. The van der Waals surface area contributed by atoms with Crippen LogP contribution < -0.4 is 10.2 Å². The molecule has 3 heterocycles. The van der Waals surface area contributed by atoms with E-state index in [-0.39, 0.29) is 0 Å². The highest BCUT2D eigenvalue weighted by Gasteiger charge is 2.45. The van der Waals surface area contributed by atoms with E-state index in [0.29, 0.717) is 5.41 Å². The average Bonchev–Trinajstić information content (AvgIpc) is 3.45. The third-order valence-corrected chi connectivity index (χ3v) is 7.38. The number of hydrogen-bond donors (Lipinski definition) is 1. The normalized spacial score (nSPS) is 20.0. The van der Waals surface area contributed by atoms with E-state index in [1.807, 2.05) is 0 Å². The summed E-state index contributed by atoms with van der Waals surface area (Å²) >= 11 is 0. The first-order valence-electron chi connectivity index (χ1n) is 12.4. The number of rotatable bonds is 5. The molecule has 0 saturated heterocycles. The Bertz CT molecular complexity index is 924. The highest BCUT2D eigenvalue weighted by Crippen LogP contribution is 2.50. The predicted octanol–water partition coefficient (Wildman–Crippen LogP) is 4.23. The molecule has 2 aliphatic heterocycles. The highest BCUT2D eigenvalue weighted by molar-refractivity contribution is 5.98. The molecule has 31 heavy (non-hydrogen) atoms. The number of aliphatic imine (C=N–C) groups is 1. The second-order valence-corrected chi connectivity index (χ2v) is 9.42. The van der Waals surface area contributed by atoms with Crippen LogP contribution in [0.5, 0.6) is 0 Å². The molecule has 0 amide bonds. The molecule has 0 radical (unpaired) electrons. The van der Waals surface area contributed by atoms with Gasteiger partial charge in [0, 0.05) is 50.1 Å². The molecule has 6 nitrogen and oxygen atoms in total. The molecule has 0 atom stereocenters. The molecule has 6 heteroatoms. The van der Waals surface area contributed by atoms with Gasteiger partial charge >= 0.3 is 0 Å². The van der Waals surface area contributed by atoms with Crippen molar-refractivity contribution >= 4 is 11.6 Å². The maximum Gasteiger partial charge on any atom is 0.198 e. The van der Waals surface area contributed by atoms with Gasteiger partial charge in [0.1, 0.15) is 11.6 Å². The van der Waals surface area contributed by atoms with Crippen LogP contribution in [0.3, 0.4) is 0 Å². The van der Waals surface area contributed by atoms with Crippen molar-refractivity contribution < 1.29 is 0 Å². The molecule has 1 saturated carbocycles. The van der Waals surface area contributed by atoms with E-state index in [2.05, 4.69) is 56.2 Å². The fourth-order valence-electron chi connectivity index (χ4n) is 5.85. The van der Waals surface area contributed by atoms with Gasteiger partial charge in [-0.2, -0.15) is 0 Å². The first kappa shape index (κ1) is 20.5. The topological polar surface area (TPSA) is 58.3 Å². The van der Waals surface area contributed by atoms with Crippen molar-refractivity contribution in [3.05, 3.63) is 41.5 Å². The Labute approximate surface area is 186 Å². The number of nitrogens with zero attached hydrogens (tertiary/aromatic N) is 5. The summed E-state index contributed by atoms with van der Waals surface area (Å²) in [6, 6.07) is 9.00. The molecule has 1 fully saturated rings. The smallest absolute Gasteiger partial charge is 0.198 e. The molecule has 0 bridgehead atoms. The van der Waals surface area contributed by atoms with Crippen LogP contribution >= 0.6 is 0 Å². The van der Waals surface area contributed by atoms with E-state index in [0.717, 1.165) is 57.2 Å². The van der Waals surface area contributed by atoms with Crippen molar-refractivity contribution in [2.24, 2.45) is 4.99 Å². The second kappa shape index (κ2) is 9.01. The summed E-state index contributed by atoms with van der Waals surface area (Å²) in [5, 5.41) is 12.5. The van der Waals surface area contributed by atoms with Gasteiger partial charge in [-0.05, 0) is 50.7 Å². The molecule has 166 valence electrons. The maximum absolute atomic E-state index is 5.05. The lowest BCUT2D eigenvalue weighted by Crippen LogP contribution is -2.43. The molecule has 1 aromatic carbocycles. The Morgan fingerprint density at radius 2 is 1.97 bits per heavy atom. The minimum Gasteiger partial charge on any atom is -0.356 e. The Morgan fingerprint density at radius 3 is 2.84 bits per heavy atom. The largest absolute Gasteiger partial charge is 0.356 e. The van der Waals surface area contributed by atoms with Crippen LogP contribution in [0.15, 0.2) is 29.3 Å². The van der Waals surface area contributed by atoms with Crippen LogP contribution in [0, 0.1) is 0 Å². The number of nitrogens with one attached hydrogen (secondary N) is 1. The number of benzene rings is 1. The highest BCUT2D eigenvalue weighted by atomic mass is 15.3. The van der Waals surface area contributed by atoms with E-state index >= 15 is 0 Å². The van der Waals surface area contributed by atoms with Crippen molar-refractivity contribution in [3.8, 4) is 0 Å². The number of aromatic nitrogens is 3. The van der Waals surface area contributed by atoms with Crippen molar-refractivity contribution in [2.45, 2.75) is 83.1 Å². The van der Waals surface area contributed by atoms with Gasteiger partial charge in [-0.1, -0.05) is 37.5 Å². The van der Waals surface area contributed by atoms with Crippen LogP contribution in [0.4, 0.5) is 5.69 Å². The molecular formula is C25H36N6. The lowest BCUT2D eigenvalue weighted by Gasteiger charge is -2.26. The maximum atomic E-state index is 5.05. The summed E-state index contributed by atoms with van der Waals surface area (Å²) in [5.41, 5.74) is 3.21. The van der Waals surface area contributed by atoms with Gasteiger partial charge in [0.05, 0.1) is 0 Å². The summed E-state index contributed by atoms with van der Waals surface area (Å²) in [6.07, 6.45) is 12.1. The number of para-hydroxylation sites is 1. The minimum absolute atomic E-state index is 0.325. The molecule has 3 aliphatic rings. The van der Waals surface area contributed by atoms with E-state index in [1.54, 1.807) is 0 Å². The van der Waals surface area contributed by atoms with Gasteiger partial charge in [0.25, 0.3) is 0 Å². The van der Waals surface area contributed by atoms with Gasteiger partial charge < -0.3 is 14.8 Å². The molecule has 5 rings (SSSR count). The molecule has 0 unspecified atom stereocenters. The minimum atomic E-state index is 0.325. The van der Waals surface area contributed by atoms with Crippen LogP contribution in [0.2, 0.25) is 0 Å². The third-order valence-electron chi connectivity index (χ3n) is 7.38. The quantitative estimate of drug-likeness (QED) is 0.447. The fraction of sp³-hybridized carbons (Fsp3) is 0.640. The number of hydrogen-bond acceptors (Lipinski definition) is 3. The van der Waals surface area contributed by atoms with Crippen LogP contribution in [0.1, 0.15) is 75.5 Å². The Morgan fingerprint density at radius 1 is 1.10 bits per heavy atom. The predicted molar refractivity (Wildman–Crippen MR) is 126 cm³/mol. The third kappa shape index (κ3) is 3.97. The monoisotopic (exact) mass is 420 g/mol. The van der Waals surface area contributed by atoms with Crippen molar-refractivity contribution in [1.82, 2.24) is 20.1 Å². The molecular weight excluding hydrogens is 384 g/mol. The van der Waals surface area contributed by atoms with Crippen molar-refractivity contribution in [2.75, 3.05) is 24.5 Å². The van der Waals surface area contributed by atoms with E-state index < -0.39 is 0 Å². The van der Waals surface area contributed by atoms with Gasteiger partial charge in [-0.15, -0.1) is 10.2 Å². The Balaban J connectivity index is 1.29. The van der Waals surface area contributed by atoms with Gasteiger partial charge in [0.2, 0.25) is 0 Å². The zero-order valence-corrected chi connectivity index (χ0v) is 18.9. The van der Waals surface area contributed by atoms with Crippen LogP contribution in [-0.4, -0.2) is 40.4 Å². The summed E-state index contributed by atoms with van der Waals surface area (Å²) in [6.45, 7) is 6.01. The summed E-state index contributed by atoms with van der Waals surface area (Å²) in [5.74, 6) is 3.37. The Hall–Kier alpha value is -2.37. The fourth-order valence-corrected chi connectivity index (χ4v) is 5.85. The number of guanidine groups is 1. The van der Waals surface area contributed by atoms with Crippen LogP contribution in [0.25, 0.3) is 0 Å². The number of fused-ring (bicyclic) bond motifs is 3. The molecule has 2 aromatic rings. The SMILES string of the molecule is CCNC(=NCCCc1nnc2n1CCCCC2)N1CC2(CCCC2)c2ccccc21. The van der Waals surface area contributed by atoms with Crippen molar-refractivity contribution in [1.29, 1.82) is 0 Å². The Kier molecular flexibility index (Phi) is 5.97. The molecule has 1 spiro atoms. The number of aryl methyl sites for hydroxylation is 2. The second-order valence-electron chi connectivity index (χ2n) is 9.42. The first-order chi connectivity index (χ1) is 15.3. The summed E-state index contributed by atoms with van der Waals surface area (Å²) < 4.78 is 2.36. The first-order valence-corrected chi connectivity index (χ1v) is 12.4. The molecule has 1 N–H and O–H groups in total. The number of anilines is 1. The van der Waals surface area contributed by atoms with Crippen molar-refractivity contribution in [3.63, 3.8) is 0 Å². The van der Waals surface area contributed by atoms with E-state index in [1.165, 1.54) is 62.0 Å². The van der Waals surface area contributed by atoms with E-state index in [9.17, 15) is 0 Å². The average molecular weight is 421 g/mol. The lowest BCUT2D eigenvalue weighted by atomic mass is 9.81.